The molecule has 2 N–H and O–H groups in total. The molecule has 4 aliphatic carbocycles. The van der Waals surface area contributed by atoms with Gasteiger partial charge in [0.1, 0.15) is 46.4 Å². The lowest BCUT2D eigenvalue weighted by Gasteiger charge is -2.60. The zero-order valence-electron chi connectivity index (χ0n) is 31.5. The molecule has 2 amide bonds. The van der Waals surface area contributed by atoms with Crippen molar-refractivity contribution in [3.63, 3.8) is 0 Å². The predicted molar refractivity (Wildman–Crippen MR) is 197 cm³/mol. The molecule has 0 bridgehead atoms. The van der Waals surface area contributed by atoms with Crippen molar-refractivity contribution in [2.45, 2.75) is 115 Å². The summed E-state index contributed by atoms with van der Waals surface area (Å²) >= 11 is 1.34. The van der Waals surface area contributed by atoms with Gasteiger partial charge in [-0.25, -0.2) is 9.59 Å². The number of Topliss-reactive ketones (excluding diaryl/α,β-unsaturated/α-hetero) is 1. The molecular formula is C41H47N3O9S. The molecule has 1 aromatic heterocycles. The molecule has 8 rings (SSSR count). The Kier molecular flexibility index (Phi) is 8.59. The first-order valence-corrected chi connectivity index (χ1v) is 19.9. The van der Waals surface area contributed by atoms with E-state index < -0.39 is 52.1 Å². The molecule has 0 spiro atoms. The summed E-state index contributed by atoms with van der Waals surface area (Å²) in [6.45, 7) is 11.3. The van der Waals surface area contributed by atoms with Crippen LogP contribution in [0, 0.1) is 41.4 Å². The number of fused-ring (bicyclic) bond motifs is 6. The summed E-state index contributed by atoms with van der Waals surface area (Å²) in [5, 5.41) is 16.2. The van der Waals surface area contributed by atoms with Crippen LogP contribution in [0.4, 0.5) is 0 Å². The van der Waals surface area contributed by atoms with Crippen molar-refractivity contribution in [2.24, 2.45) is 34.5 Å². The Morgan fingerprint density at radius 3 is 2.44 bits per heavy atom. The molecule has 5 fully saturated rings. The Labute approximate surface area is 318 Å². The van der Waals surface area contributed by atoms with Crippen molar-refractivity contribution < 1.29 is 43.1 Å². The molecule has 54 heavy (non-hydrogen) atoms. The van der Waals surface area contributed by atoms with Gasteiger partial charge in [0.05, 0.1) is 5.56 Å². The van der Waals surface area contributed by atoms with Gasteiger partial charge in [-0.05, 0) is 107 Å². The predicted octanol–water partition coefficient (Wildman–Crippen LogP) is 5.77. The summed E-state index contributed by atoms with van der Waals surface area (Å²) in [7, 11) is 0. The van der Waals surface area contributed by atoms with E-state index in [-0.39, 0.29) is 57.2 Å². The van der Waals surface area contributed by atoms with E-state index in [0.717, 1.165) is 37.7 Å². The molecule has 1 aromatic carbocycles. The van der Waals surface area contributed by atoms with Crippen molar-refractivity contribution in [1.29, 1.82) is 0 Å². The van der Waals surface area contributed by atoms with Crippen molar-refractivity contribution in [3.05, 3.63) is 52.8 Å². The molecule has 13 heteroatoms. The summed E-state index contributed by atoms with van der Waals surface area (Å²) in [4.78, 5) is 79.4. The van der Waals surface area contributed by atoms with Crippen molar-refractivity contribution in [2.75, 3.05) is 0 Å². The van der Waals surface area contributed by atoms with E-state index in [4.69, 9.17) is 9.26 Å². The molecular weight excluding hydrogens is 711 g/mol. The summed E-state index contributed by atoms with van der Waals surface area (Å²) in [5.41, 5.74) is 1.83. The zero-order valence-corrected chi connectivity index (χ0v) is 32.3. The molecule has 12 nitrogen and oxygen atoms in total. The van der Waals surface area contributed by atoms with Crippen LogP contribution in [0.25, 0.3) is 11.3 Å². The van der Waals surface area contributed by atoms with E-state index in [0.29, 0.717) is 29.9 Å². The first kappa shape index (κ1) is 36.7. The second-order valence-electron chi connectivity index (χ2n) is 17.4. The van der Waals surface area contributed by atoms with Gasteiger partial charge in [0.25, 0.3) is 5.91 Å². The lowest BCUT2D eigenvalue weighted by Crippen LogP contribution is -2.70. The fraction of sp³-hybridized carbons (Fsp3) is 0.585. The molecule has 2 saturated heterocycles. The van der Waals surface area contributed by atoms with Gasteiger partial charge in [-0.3, -0.25) is 19.2 Å². The van der Waals surface area contributed by atoms with E-state index in [1.165, 1.54) is 16.7 Å². The molecule has 6 aliphatic rings. The highest BCUT2D eigenvalue weighted by molar-refractivity contribution is 8.01. The third-order valence-corrected chi connectivity index (χ3v) is 15.6. The van der Waals surface area contributed by atoms with Crippen LogP contribution in [0.1, 0.15) is 106 Å². The third kappa shape index (κ3) is 5.42. The zero-order chi connectivity index (χ0) is 38.6. The van der Waals surface area contributed by atoms with Gasteiger partial charge in [-0.1, -0.05) is 36.7 Å². The number of esters is 1. The number of amides is 2. The topological polar surface area (TPSA) is 173 Å². The number of allylic oxidation sites excluding steroid dienone is 1. The number of carbonyl (C=O) groups excluding carboxylic acids is 5. The van der Waals surface area contributed by atoms with Crippen molar-refractivity contribution in [1.82, 2.24) is 15.4 Å². The number of β-lactam (4-membered cyclic amide) rings is 1. The number of nitrogens with one attached hydrogen (secondary N) is 1. The number of thioether (sulfide) groups is 1. The fourth-order valence-corrected chi connectivity index (χ4v) is 13.2. The maximum atomic E-state index is 14.0. The second kappa shape index (κ2) is 12.6. The van der Waals surface area contributed by atoms with Gasteiger partial charge in [0.2, 0.25) is 5.91 Å². The minimum absolute atomic E-state index is 0.0372. The van der Waals surface area contributed by atoms with E-state index in [1.54, 1.807) is 52.0 Å². The van der Waals surface area contributed by atoms with Crippen LogP contribution < -0.4 is 5.32 Å². The van der Waals surface area contributed by atoms with Gasteiger partial charge in [0.15, 0.2) is 5.78 Å². The quantitative estimate of drug-likeness (QED) is 0.260. The summed E-state index contributed by atoms with van der Waals surface area (Å²) in [6.07, 6.45) is 6.78. The van der Waals surface area contributed by atoms with Crippen LogP contribution in [-0.2, 0) is 23.9 Å². The number of aryl methyl sites for hydroxylation is 1. The van der Waals surface area contributed by atoms with Gasteiger partial charge in [-0.15, -0.1) is 11.8 Å². The first-order valence-electron chi connectivity index (χ1n) is 19.0. The molecule has 10 unspecified atom stereocenters. The molecule has 2 aromatic rings. The number of hydrogen-bond donors (Lipinski definition) is 2. The molecule has 286 valence electrons. The average molecular weight is 758 g/mol. The minimum atomic E-state index is -1.09. The Hall–Kier alpha value is -4.26. The van der Waals surface area contributed by atoms with Gasteiger partial charge >= 0.3 is 11.9 Å². The van der Waals surface area contributed by atoms with Gasteiger partial charge < -0.3 is 24.6 Å². The number of ether oxygens (including phenoxy) is 1. The number of rotatable bonds is 7. The highest BCUT2D eigenvalue weighted by atomic mass is 32.2. The Morgan fingerprint density at radius 2 is 1.76 bits per heavy atom. The number of hydrogen-bond acceptors (Lipinski definition) is 10. The lowest BCUT2D eigenvalue weighted by molar-refractivity contribution is -0.159. The number of carbonyl (C=O) groups is 6. The van der Waals surface area contributed by atoms with Crippen molar-refractivity contribution in [3.8, 4) is 11.3 Å². The number of carboxylic acid groups (broad SMARTS) is 1. The van der Waals surface area contributed by atoms with Crippen molar-refractivity contribution >= 4 is 47.1 Å². The molecule has 10 atom stereocenters. The standard InChI is InChI=1S/C41H47N3O9S/c1-19(45)26-13-14-27-25-12-11-23-17-24(46)15-16-40(23,5)30(25)28(18-41(26,27)6)52-38(51)22-9-7-21(8-10-22)31-29(20(2)53-43-31)34(47)42-32-35(48)44-33(37(49)50)39(3,4)54-36(32)44/h7-10,17,25-28,30,32-33,36H,11-16,18H2,1-6H3,(H,42,47)(H,49,50). The molecule has 3 saturated carbocycles. The number of carboxylic acids is 1. The lowest BCUT2D eigenvalue weighted by atomic mass is 9.46. The Bertz CT molecular complexity index is 2020. The van der Waals surface area contributed by atoms with Crippen LogP contribution in [0.2, 0.25) is 0 Å². The fourth-order valence-electron chi connectivity index (χ4n) is 11.6. The van der Waals surface area contributed by atoms with E-state index in [9.17, 15) is 33.9 Å². The highest BCUT2D eigenvalue weighted by Gasteiger charge is 2.65. The molecule has 2 aliphatic heterocycles. The Morgan fingerprint density at radius 1 is 1.04 bits per heavy atom. The largest absolute Gasteiger partial charge is 0.480 e. The smallest absolute Gasteiger partial charge is 0.338 e. The maximum Gasteiger partial charge on any atom is 0.338 e. The van der Waals surface area contributed by atoms with Crippen LogP contribution in [-0.4, -0.2) is 78.8 Å². The Balaban J connectivity index is 1.02. The van der Waals surface area contributed by atoms with E-state index in [1.807, 2.05) is 6.08 Å². The average Bonchev–Trinajstić information content (AvgIpc) is 3.75. The molecule has 3 heterocycles. The van der Waals surface area contributed by atoms with Crippen LogP contribution >= 0.6 is 11.8 Å². The molecule has 0 radical (unpaired) electrons. The number of ketones is 2. The third-order valence-electron chi connectivity index (χ3n) is 14.1. The maximum absolute atomic E-state index is 14.0. The summed E-state index contributed by atoms with van der Waals surface area (Å²) < 4.78 is 11.2. The van der Waals surface area contributed by atoms with Crippen LogP contribution in [0.3, 0.4) is 0 Å². The monoisotopic (exact) mass is 757 g/mol. The van der Waals surface area contributed by atoms with Crippen LogP contribution in [0.5, 0.6) is 0 Å². The number of aromatic nitrogens is 1. The van der Waals surface area contributed by atoms with Gasteiger partial charge in [-0.2, -0.15) is 0 Å². The SMILES string of the molecule is CC(=O)C1CCC2C3CCC4=CC(=O)CCC4(C)C3C(OC(=O)c3ccc(-c4noc(C)c4C(=O)NC4C(=O)N5C4SC(C)(C)C5C(=O)O)cc3)CC12C. The minimum Gasteiger partial charge on any atom is -0.480 e. The first-order chi connectivity index (χ1) is 25.5. The number of benzene rings is 1. The number of aliphatic carboxylic acids is 1. The summed E-state index contributed by atoms with van der Waals surface area (Å²) in [6, 6.07) is 4.71. The van der Waals surface area contributed by atoms with E-state index in [2.05, 4.69) is 24.3 Å². The highest BCUT2D eigenvalue weighted by Crippen LogP contribution is 2.67. The normalized spacial score (nSPS) is 36.2. The summed E-state index contributed by atoms with van der Waals surface area (Å²) in [5.74, 6) is -1.42. The van der Waals surface area contributed by atoms with Gasteiger partial charge in [0, 0.05) is 28.6 Å². The van der Waals surface area contributed by atoms with E-state index >= 15 is 0 Å². The van der Waals surface area contributed by atoms with Crippen LogP contribution in [0.15, 0.2) is 40.4 Å². The number of nitrogens with zero attached hydrogens (tertiary/aromatic N) is 2. The second-order valence-corrected chi connectivity index (χ2v) is 19.1.